The largest absolute Gasteiger partial charge is 0.426 e. The maximum absolute atomic E-state index is 12.8. The Morgan fingerprint density at radius 3 is 2.39 bits per heavy atom. The molecule has 0 bridgehead atoms. The van der Waals surface area contributed by atoms with Gasteiger partial charge in [-0.15, -0.1) is 0 Å². The number of carbonyl (C=O) groups excluding carboxylic acids is 1. The lowest BCUT2D eigenvalue weighted by Crippen LogP contribution is -2.56. The second kappa shape index (κ2) is 6.88. The standard InChI is InChI=1S/C16H21F3N2O2/c1-15(23,16(17,18)19)14(22)21-9-5-8-20(10-11-21)12-13-6-3-2-4-7-13/h2-4,6-7,23H,5,8-12H2,1H3. The molecule has 1 heterocycles. The molecule has 1 N–H and O–H groups in total. The van der Waals surface area contributed by atoms with E-state index in [-0.39, 0.29) is 13.1 Å². The third kappa shape index (κ3) is 4.23. The summed E-state index contributed by atoms with van der Waals surface area (Å²) in [6, 6.07) is 9.77. The molecule has 1 aromatic rings. The average molecular weight is 330 g/mol. The summed E-state index contributed by atoms with van der Waals surface area (Å²) in [5, 5.41) is 9.53. The van der Waals surface area contributed by atoms with Gasteiger partial charge in [0, 0.05) is 32.7 Å². The van der Waals surface area contributed by atoms with E-state index in [1.165, 1.54) is 0 Å². The zero-order valence-electron chi connectivity index (χ0n) is 13.0. The molecule has 1 unspecified atom stereocenters. The number of amides is 1. The van der Waals surface area contributed by atoms with Gasteiger partial charge in [-0.3, -0.25) is 9.69 Å². The minimum atomic E-state index is -4.97. The van der Waals surface area contributed by atoms with Crippen LogP contribution in [0.3, 0.4) is 0 Å². The van der Waals surface area contributed by atoms with E-state index in [4.69, 9.17) is 0 Å². The highest BCUT2D eigenvalue weighted by Crippen LogP contribution is 2.31. The molecule has 1 aliphatic heterocycles. The Morgan fingerprint density at radius 2 is 1.78 bits per heavy atom. The Bertz CT molecular complexity index is 532. The minimum absolute atomic E-state index is 0.178. The summed E-state index contributed by atoms with van der Waals surface area (Å²) in [5.41, 5.74) is -2.21. The fourth-order valence-corrected chi connectivity index (χ4v) is 2.60. The number of halogens is 3. The molecule has 1 amide bonds. The molecule has 4 nitrogen and oxygen atoms in total. The predicted octanol–water partition coefficient (Wildman–Crippen LogP) is 2.03. The van der Waals surface area contributed by atoms with Gasteiger partial charge in [0.15, 0.2) is 0 Å². The summed E-state index contributed by atoms with van der Waals surface area (Å²) >= 11 is 0. The number of hydrogen-bond acceptors (Lipinski definition) is 3. The van der Waals surface area contributed by atoms with Gasteiger partial charge in [0.2, 0.25) is 5.60 Å². The van der Waals surface area contributed by atoms with Gasteiger partial charge >= 0.3 is 6.18 Å². The number of alkyl halides is 3. The van der Waals surface area contributed by atoms with Crippen LogP contribution in [0.15, 0.2) is 30.3 Å². The number of rotatable bonds is 3. The first-order valence-electron chi connectivity index (χ1n) is 7.56. The second-order valence-corrected chi connectivity index (χ2v) is 5.98. The summed E-state index contributed by atoms with van der Waals surface area (Å²) in [6.45, 7) is 2.79. The van der Waals surface area contributed by atoms with Crippen molar-refractivity contribution in [2.75, 3.05) is 26.2 Å². The van der Waals surface area contributed by atoms with Gasteiger partial charge < -0.3 is 10.0 Å². The van der Waals surface area contributed by atoms with Gasteiger partial charge in [0.05, 0.1) is 0 Å². The van der Waals surface area contributed by atoms with Crippen molar-refractivity contribution in [1.29, 1.82) is 0 Å². The molecule has 2 rings (SSSR count). The third-order valence-electron chi connectivity index (χ3n) is 4.09. The van der Waals surface area contributed by atoms with Crippen molar-refractivity contribution in [1.82, 2.24) is 9.80 Å². The maximum Gasteiger partial charge on any atom is 0.426 e. The maximum atomic E-state index is 12.8. The lowest BCUT2D eigenvalue weighted by molar-refractivity contribution is -0.250. The van der Waals surface area contributed by atoms with Crippen molar-refractivity contribution in [3.05, 3.63) is 35.9 Å². The van der Waals surface area contributed by atoms with E-state index in [1.807, 2.05) is 30.3 Å². The van der Waals surface area contributed by atoms with Gasteiger partial charge in [-0.25, -0.2) is 0 Å². The van der Waals surface area contributed by atoms with Crippen molar-refractivity contribution < 1.29 is 23.1 Å². The van der Waals surface area contributed by atoms with Gasteiger partial charge in [0.25, 0.3) is 5.91 Å². The lowest BCUT2D eigenvalue weighted by atomic mass is 10.0. The molecule has 0 radical (unpaired) electrons. The van der Waals surface area contributed by atoms with Gasteiger partial charge in [-0.1, -0.05) is 30.3 Å². The molecule has 1 fully saturated rings. The number of benzene rings is 1. The summed E-state index contributed by atoms with van der Waals surface area (Å²) in [4.78, 5) is 15.2. The summed E-state index contributed by atoms with van der Waals surface area (Å²) < 4.78 is 38.4. The number of carbonyl (C=O) groups is 1. The molecule has 0 aliphatic carbocycles. The summed E-state index contributed by atoms with van der Waals surface area (Å²) in [7, 11) is 0. The molecule has 0 spiro atoms. The van der Waals surface area contributed by atoms with Crippen LogP contribution in [0.25, 0.3) is 0 Å². The summed E-state index contributed by atoms with van der Waals surface area (Å²) in [6.07, 6.45) is -4.40. The van der Waals surface area contributed by atoms with Crippen LogP contribution in [0.5, 0.6) is 0 Å². The van der Waals surface area contributed by atoms with Gasteiger partial charge in [-0.2, -0.15) is 13.2 Å². The van der Waals surface area contributed by atoms with Crippen LogP contribution in [0.4, 0.5) is 13.2 Å². The molecular weight excluding hydrogens is 309 g/mol. The Kier molecular flexibility index (Phi) is 5.31. The Balaban J connectivity index is 1.97. The van der Waals surface area contributed by atoms with Gasteiger partial charge in [0.1, 0.15) is 0 Å². The zero-order valence-corrected chi connectivity index (χ0v) is 13.0. The van der Waals surface area contributed by atoms with Crippen molar-refractivity contribution in [3.8, 4) is 0 Å². The van der Waals surface area contributed by atoms with Crippen LogP contribution >= 0.6 is 0 Å². The number of hydrogen-bond donors (Lipinski definition) is 1. The van der Waals surface area contributed by atoms with E-state index >= 15 is 0 Å². The van der Waals surface area contributed by atoms with Gasteiger partial charge in [-0.05, 0) is 18.9 Å². The monoisotopic (exact) mass is 330 g/mol. The first-order chi connectivity index (χ1) is 10.7. The molecule has 1 atom stereocenters. The van der Waals surface area contributed by atoms with Crippen molar-refractivity contribution in [3.63, 3.8) is 0 Å². The van der Waals surface area contributed by atoms with Crippen molar-refractivity contribution in [2.45, 2.75) is 31.7 Å². The van der Waals surface area contributed by atoms with E-state index in [2.05, 4.69) is 4.90 Å². The highest BCUT2D eigenvalue weighted by Gasteiger charge is 2.57. The highest BCUT2D eigenvalue weighted by atomic mass is 19.4. The Morgan fingerprint density at radius 1 is 1.13 bits per heavy atom. The fourth-order valence-electron chi connectivity index (χ4n) is 2.60. The first kappa shape index (κ1) is 17.7. The molecule has 23 heavy (non-hydrogen) atoms. The molecule has 1 aliphatic rings. The van der Waals surface area contributed by atoms with Crippen LogP contribution in [-0.4, -0.2) is 58.8 Å². The van der Waals surface area contributed by atoms with Crippen LogP contribution in [-0.2, 0) is 11.3 Å². The Labute approximate surface area is 133 Å². The molecule has 7 heteroatoms. The van der Waals surface area contributed by atoms with Crippen molar-refractivity contribution >= 4 is 5.91 Å². The SMILES string of the molecule is CC(O)(C(=O)N1CCCN(Cc2ccccc2)CC1)C(F)(F)F. The normalized spacial score (nSPS) is 20.0. The van der Waals surface area contributed by atoms with Crippen LogP contribution in [0, 0.1) is 0 Å². The highest BCUT2D eigenvalue weighted by molar-refractivity contribution is 5.85. The first-order valence-corrected chi connectivity index (χ1v) is 7.56. The smallest absolute Gasteiger partial charge is 0.373 e. The summed E-state index contributed by atoms with van der Waals surface area (Å²) in [5.74, 6) is -1.27. The van der Waals surface area contributed by atoms with E-state index in [1.54, 1.807) is 0 Å². The topological polar surface area (TPSA) is 43.8 Å². The zero-order chi connectivity index (χ0) is 17.1. The number of aliphatic hydroxyl groups is 1. The van der Waals surface area contributed by atoms with E-state index in [9.17, 15) is 23.1 Å². The van der Waals surface area contributed by atoms with E-state index < -0.39 is 17.7 Å². The van der Waals surface area contributed by atoms with Crippen molar-refractivity contribution in [2.24, 2.45) is 0 Å². The lowest BCUT2D eigenvalue weighted by Gasteiger charge is -2.31. The van der Waals surface area contributed by atoms with Crippen LogP contribution < -0.4 is 0 Å². The van der Waals surface area contributed by atoms with Crippen LogP contribution in [0.2, 0.25) is 0 Å². The number of nitrogens with zero attached hydrogens (tertiary/aromatic N) is 2. The molecule has 1 saturated heterocycles. The molecular formula is C16H21F3N2O2. The molecule has 0 saturated carbocycles. The quantitative estimate of drug-likeness (QED) is 0.922. The average Bonchev–Trinajstić information content (AvgIpc) is 2.72. The molecule has 1 aromatic carbocycles. The molecule has 0 aromatic heterocycles. The van der Waals surface area contributed by atoms with E-state index in [0.717, 1.165) is 10.5 Å². The second-order valence-electron chi connectivity index (χ2n) is 5.98. The van der Waals surface area contributed by atoms with E-state index in [0.29, 0.717) is 33.0 Å². The fraction of sp³-hybridized carbons (Fsp3) is 0.562. The molecule has 128 valence electrons. The minimum Gasteiger partial charge on any atom is -0.373 e. The third-order valence-corrected chi connectivity index (χ3v) is 4.09. The predicted molar refractivity (Wildman–Crippen MR) is 79.6 cm³/mol. The van der Waals surface area contributed by atoms with Crippen LogP contribution in [0.1, 0.15) is 18.9 Å². The Hall–Kier alpha value is -1.60.